The summed E-state index contributed by atoms with van der Waals surface area (Å²) in [7, 11) is 0. The number of aryl methyl sites for hydroxylation is 1. The number of carbonyl (C=O) groups is 2. The standard InChI is InChI=1S/C14H23N5O2/c1-3-7-19-14(15-10-16-19)11(2)17-12(20)6-9-18-8-4-5-13(18)21/h10-11H,3-9H2,1-2H3,(H,17,20). The Hall–Kier alpha value is -1.92. The average molecular weight is 293 g/mol. The monoisotopic (exact) mass is 293 g/mol. The highest BCUT2D eigenvalue weighted by Gasteiger charge is 2.21. The lowest BCUT2D eigenvalue weighted by molar-refractivity contribution is -0.128. The maximum atomic E-state index is 12.0. The van der Waals surface area contributed by atoms with Crippen LogP contribution >= 0.6 is 0 Å². The number of aromatic nitrogens is 3. The van der Waals surface area contributed by atoms with Crippen molar-refractivity contribution in [1.82, 2.24) is 25.0 Å². The van der Waals surface area contributed by atoms with Gasteiger partial charge in [0.15, 0.2) is 0 Å². The normalized spacial score (nSPS) is 16.3. The van der Waals surface area contributed by atoms with Crippen LogP contribution in [0.25, 0.3) is 0 Å². The van der Waals surface area contributed by atoms with Gasteiger partial charge in [0.25, 0.3) is 0 Å². The van der Waals surface area contributed by atoms with E-state index in [1.807, 2.05) is 11.6 Å². The van der Waals surface area contributed by atoms with Crippen molar-refractivity contribution >= 4 is 11.8 Å². The topological polar surface area (TPSA) is 80.1 Å². The van der Waals surface area contributed by atoms with Crippen LogP contribution in [0.15, 0.2) is 6.33 Å². The highest BCUT2D eigenvalue weighted by Crippen LogP contribution is 2.11. The van der Waals surface area contributed by atoms with Crippen molar-refractivity contribution in [3.63, 3.8) is 0 Å². The van der Waals surface area contributed by atoms with Gasteiger partial charge in [-0.15, -0.1) is 0 Å². The van der Waals surface area contributed by atoms with E-state index in [0.29, 0.717) is 19.4 Å². The SMILES string of the molecule is CCCn1ncnc1C(C)NC(=O)CCN1CCCC1=O. The van der Waals surface area contributed by atoms with E-state index in [1.54, 1.807) is 4.90 Å². The predicted molar refractivity (Wildman–Crippen MR) is 77.3 cm³/mol. The van der Waals surface area contributed by atoms with Gasteiger partial charge in [0.2, 0.25) is 11.8 Å². The zero-order chi connectivity index (χ0) is 15.2. The van der Waals surface area contributed by atoms with Crippen molar-refractivity contribution in [3.05, 3.63) is 12.2 Å². The Kier molecular flexibility index (Phi) is 5.30. The number of amides is 2. The quantitative estimate of drug-likeness (QED) is 0.809. The largest absolute Gasteiger partial charge is 0.346 e. The third kappa shape index (κ3) is 4.03. The maximum Gasteiger partial charge on any atom is 0.222 e. The van der Waals surface area contributed by atoms with Gasteiger partial charge < -0.3 is 10.2 Å². The van der Waals surface area contributed by atoms with E-state index in [4.69, 9.17) is 0 Å². The molecule has 7 heteroatoms. The van der Waals surface area contributed by atoms with Crippen LogP contribution in [0.3, 0.4) is 0 Å². The highest BCUT2D eigenvalue weighted by atomic mass is 16.2. The molecular weight excluding hydrogens is 270 g/mol. The molecule has 1 aromatic rings. The first kappa shape index (κ1) is 15.5. The molecule has 1 fully saturated rings. The Bertz CT molecular complexity index is 499. The molecular formula is C14H23N5O2. The summed E-state index contributed by atoms with van der Waals surface area (Å²) in [5.74, 6) is 0.856. The van der Waals surface area contributed by atoms with Crippen molar-refractivity contribution in [3.8, 4) is 0 Å². The predicted octanol–water partition coefficient (Wildman–Crippen LogP) is 0.878. The summed E-state index contributed by atoms with van der Waals surface area (Å²) in [5, 5.41) is 7.07. The van der Waals surface area contributed by atoms with E-state index in [0.717, 1.165) is 31.8 Å². The second kappa shape index (κ2) is 7.19. The summed E-state index contributed by atoms with van der Waals surface area (Å²) in [6.45, 7) is 6.03. The molecule has 116 valence electrons. The zero-order valence-corrected chi connectivity index (χ0v) is 12.7. The lowest BCUT2D eigenvalue weighted by Gasteiger charge is -2.17. The van der Waals surface area contributed by atoms with Crippen LogP contribution < -0.4 is 5.32 Å². The fourth-order valence-corrected chi connectivity index (χ4v) is 2.55. The molecule has 1 N–H and O–H groups in total. The number of likely N-dealkylation sites (tertiary alicyclic amines) is 1. The Morgan fingerprint density at radius 3 is 2.95 bits per heavy atom. The van der Waals surface area contributed by atoms with Gasteiger partial charge in [-0.05, 0) is 19.8 Å². The Morgan fingerprint density at radius 2 is 2.29 bits per heavy atom. The molecule has 1 unspecified atom stereocenters. The molecule has 1 aliphatic rings. The van der Waals surface area contributed by atoms with E-state index >= 15 is 0 Å². The molecule has 1 atom stereocenters. The van der Waals surface area contributed by atoms with Crippen LogP contribution in [0.1, 0.15) is 51.4 Å². The maximum absolute atomic E-state index is 12.0. The number of nitrogens with one attached hydrogen (secondary N) is 1. The third-order valence-electron chi connectivity index (χ3n) is 3.63. The van der Waals surface area contributed by atoms with Gasteiger partial charge in [-0.1, -0.05) is 6.92 Å². The first-order valence-electron chi connectivity index (χ1n) is 7.56. The van der Waals surface area contributed by atoms with E-state index in [-0.39, 0.29) is 17.9 Å². The lowest BCUT2D eigenvalue weighted by atomic mass is 10.2. The molecule has 0 aromatic carbocycles. The molecule has 0 saturated carbocycles. The van der Waals surface area contributed by atoms with Crippen molar-refractivity contribution < 1.29 is 9.59 Å². The molecule has 1 aromatic heterocycles. The van der Waals surface area contributed by atoms with Crippen LogP contribution in [0, 0.1) is 0 Å². The molecule has 0 spiro atoms. The summed E-state index contributed by atoms with van der Waals surface area (Å²) >= 11 is 0. The fourth-order valence-electron chi connectivity index (χ4n) is 2.55. The van der Waals surface area contributed by atoms with E-state index in [2.05, 4.69) is 22.3 Å². The van der Waals surface area contributed by atoms with Crippen LogP contribution in [0.2, 0.25) is 0 Å². The number of carbonyl (C=O) groups excluding carboxylic acids is 2. The summed E-state index contributed by atoms with van der Waals surface area (Å²) < 4.78 is 1.81. The van der Waals surface area contributed by atoms with Gasteiger partial charge in [0.1, 0.15) is 12.2 Å². The molecule has 2 amide bonds. The molecule has 21 heavy (non-hydrogen) atoms. The molecule has 1 saturated heterocycles. The van der Waals surface area contributed by atoms with Gasteiger partial charge in [0, 0.05) is 32.5 Å². The smallest absolute Gasteiger partial charge is 0.222 e. The zero-order valence-electron chi connectivity index (χ0n) is 12.7. The Labute approximate surface area is 124 Å². The van der Waals surface area contributed by atoms with Gasteiger partial charge in [-0.3, -0.25) is 9.59 Å². The fraction of sp³-hybridized carbons (Fsp3) is 0.714. The minimum atomic E-state index is -0.180. The minimum absolute atomic E-state index is 0.0618. The number of hydrogen-bond donors (Lipinski definition) is 1. The van der Waals surface area contributed by atoms with Crippen LogP contribution in [0.4, 0.5) is 0 Å². The average Bonchev–Trinajstić information content (AvgIpc) is 3.06. The van der Waals surface area contributed by atoms with Gasteiger partial charge in [-0.2, -0.15) is 5.10 Å². The summed E-state index contributed by atoms with van der Waals surface area (Å²) in [6.07, 6.45) is 4.32. The van der Waals surface area contributed by atoms with Crippen LogP contribution in [-0.2, 0) is 16.1 Å². The van der Waals surface area contributed by atoms with Crippen molar-refractivity contribution in [2.45, 2.75) is 52.1 Å². The van der Waals surface area contributed by atoms with E-state index < -0.39 is 0 Å². The Balaban J connectivity index is 1.81. The number of hydrogen-bond acceptors (Lipinski definition) is 4. The molecule has 0 bridgehead atoms. The summed E-state index contributed by atoms with van der Waals surface area (Å²) in [5.41, 5.74) is 0. The van der Waals surface area contributed by atoms with Crippen molar-refractivity contribution in [2.75, 3.05) is 13.1 Å². The minimum Gasteiger partial charge on any atom is -0.346 e. The highest BCUT2D eigenvalue weighted by molar-refractivity contribution is 5.80. The van der Waals surface area contributed by atoms with Gasteiger partial charge in [-0.25, -0.2) is 9.67 Å². The van der Waals surface area contributed by atoms with E-state index in [1.165, 1.54) is 6.33 Å². The van der Waals surface area contributed by atoms with Gasteiger partial charge >= 0.3 is 0 Å². The lowest BCUT2D eigenvalue weighted by Crippen LogP contribution is -2.33. The first-order chi connectivity index (χ1) is 10.1. The van der Waals surface area contributed by atoms with Crippen molar-refractivity contribution in [2.24, 2.45) is 0 Å². The molecule has 7 nitrogen and oxygen atoms in total. The third-order valence-corrected chi connectivity index (χ3v) is 3.63. The summed E-state index contributed by atoms with van der Waals surface area (Å²) in [6, 6.07) is -0.180. The second-order valence-corrected chi connectivity index (χ2v) is 5.36. The second-order valence-electron chi connectivity index (χ2n) is 5.36. The molecule has 2 heterocycles. The number of rotatable bonds is 7. The molecule has 0 aliphatic carbocycles. The first-order valence-corrected chi connectivity index (χ1v) is 7.56. The molecule has 0 radical (unpaired) electrons. The Morgan fingerprint density at radius 1 is 1.48 bits per heavy atom. The van der Waals surface area contributed by atoms with E-state index in [9.17, 15) is 9.59 Å². The molecule has 2 rings (SSSR count). The molecule has 1 aliphatic heterocycles. The summed E-state index contributed by atoms with van der Waals surface area (Å²) in [4.78, 5) is 29.4. The van der Waals surface area contributed by atoms with Gasteiger partial charge in [0.05, 0.1) is 6.04 Å². The number of nitrogens with zero attached hydrogens (tertiary/aromatic N) is 4. The van der Waals surface area contributed by atoms with Crippen molar-refractivity contribution in [1.29, 1.82) is 0 Å². The van der Waals surface area contributed by atoms with Crippen LogP contribution in [-0.4, -0.2) is 44.6 Å². The van der Waals surface area contributed by atoms with Crippen LogP contribution in [0.5, 0.6) is 0 Å².